The number of rotatable bonds is 10. The first-order valence-corrected chi connectivity index (χ1v) is 23.4. The Labute approximate surface area is 341 Å². The summed E-state index contributed by atoms with van der Waals surface area (Å²) < 4.78 is 28.7. The number of aliphatic hydroxyl groups excluding tert-OH is 2. The summed E-state index contributed by atoms with van der Waals surface area (Å²) in [4.78, 5) is 68.3. The molecule has 2 aliphatic heterocycles. The summed E-state index contributed by atoms with van der Waals surface area (Å²) in [5.74, 6) is -4.12. The van der Waals surface area contributed by atoms with Crippen molar-refractivity contribution in [2.45, 2.75) is 107 Å². The second-order valence-electron chi connectivity index (χ2n) is 16.6. The summed E-state index contributed by atoms with van der Waals surface area (Å²) in [6, 6.07) is 4.12. The number of benzene rings is 2. The van der Waals surface area contributed by atoms with Crippen molar-refractivity contribution in [1.29, 1.82) is 0 Å². The Morgan fingerprint density at radius 3 is 2.47 bits per heavy atom. The Morgan fingerprint density at radius 2 is 1.78 bits per heavy atom. The van der Waals surface area contributed by atoms with Crippen molar-refractivity contribution in [3.8, 4) is 17.2 Å². The molecule has 2 heterocycles. The molecule has 0 unspecified atom stereocenters. The van der Waals surface area contributed by atoms with E-state index >= 15 is 0 Å². The monoisotopic (exact) mass is 840 g/mol. The standard InChI is InChI=1S/C41H52N2O15Si/c1-21-34(46)25(42-39(51)57-22-9-6-7-13-43(14-12-22)40(52)55-15-16-59(3,4)5)17-29(56-21)58-27-19-41(53,28(45)20-44)18-24-31(27)38(50)33-32(36(24)48)35(47)23-10-8-11-26(54-2)30(23)37(33)49/h6,8-11,21-22,25,27,29,34,44,46,48,50,53H,7,12-20H2,1-5H3,(H,42,51)/b9-6+/t21-,22+,25-,27-,29+,34+,41-/m0/s1. The maximum Gasteiger partial charge on any atom is 0.409 e. The van der Waals surface area contributed by atoms with Crippen LogP contribution in [0, 0.1) is 0 Å². The number of ether oxygens (including phenoxy) is 5. The van der Waals surface area contributed by atoms with Crippen LogP contribution in [0.4, 0.5) is 9.59 Å². The number of nitrogens with zero attached hydrogens (tertiary/aromatic N) is 1. The van der Waals surface area contributed by atoms with Gasteiger partial charge in [0.2, 0.25) is 5.78 Å². The minimum atomic E-state index is -2.36. The van der Waals surface area contributed by atoms with Gasteiger partial charge >= 0.3 is 12.2 Å². The maximum absolute atomic E-state index is 14.0. The summed E-state index contributed by atoms with van der Waals surface area (Å²) in [5, 5.41) is 58.5. The van der Waals surface area contributed by atoms with Gasteiger partial charge in [0.15, 0.2) is 17.9 Å². The van der Waals surface area contributed by atoms with Crippen molar-refractivity contribution >= 4 is 37.6 Å². The number of phenolic OH excluding ortho intramolecular Hbond substituents is 2. The third-order valence-electron chi connectivity index (χ3n) is 11.3. The zero-order chi connectivity index (χ0) is 43.0. The van der Waals surface area contributed by atoms with Crippen LogP contribution in [0.3, 0.4) is 0 Å². The number of ketones is 3. The Balaban J connectivity index is 1.21. The largest absolute Gasteiger partial charge is 0.507 e. The number of aliphatic hydroxyl groups is 3. The number of amides is 2. The highest BCUT2D eigenvalue weighted by atomic mass is 28.3. The summed E-state index contributed by atoms with van der Waals surface area (Å²) in [6.07, 6.45) is -4.13. The van der Waals surface area contributed by atoms with Crippen LogP contribution in [-0.2, 0) is 30.2 Å². The molecule has 1 saturated heterocycles. The highest BCUT2D eigenvalue weighted by Gasteiger charge is 2.50. The molecule has 2 aromatic carbocycles. The maximum atomic E-state index is 14.0. The van der Waals surface area contributed by atoms with E-state index in [1.807, 2.05) is 6.08 Å². The van der Waals surface area contributed by atoms with Crippen LogP contribution in [0.15, 0.2) is 30.4 Å². The molecule has 2 aromatic rings. The average Bonchev–Trinajstić information content (AvgIpc) is 3.16. The molecule has 6 rings (SSSR count). The Bertz CT molecular complexity index is 2030. The fourth-order valence-corrected chi connectivity index (χ4v) is 8.68. The number of phenols is 2. The van der Waals surface area contributed by atoms with E-state index in [-0.39, 0.29) is 47.4 Å². The first-order valence-electron chi connectivity index (χ1n) is 19.7. The van der Waals surface area contributed by atoms with Gasteiger partial charge < -0.3 is 59.4 Å². The number of hydrogen-bond acceptors (Lipinski definition) is 15. The Morgan fingerprint density at radius 1 is 1.05 bits per heavy atom. The van der Waals surface area contributed by atoms with Gasteiger partial charge in [-0.3, -0.25) is 14.4 Å². The molecule has 17 nitrogen and oxygen atoms in total. The van der Waals surface area contributed by atoms with Gasteiger partial charge in [-0.15, -0.1) is 0 Å². The lowest BCUT2D eigenvalue weighted by Gasteiger charge is -2.42. The summed E-state index contributed by atoms with van der Waals surface area (Å²) in [6.45, 7) is 8.07. The van der Waals surface area contributed by atoms with E-state index in [0.29, 0.717) is 19.6 Å². The van der Waals surface area contributed by atoms with E-state index in [1.54, 1.807) is 11.0 Å². The fourth-order valence-electron chi connectivity index (χ4n) is 7.97. The van der Waals surface area contributed by atoms with Crippen LogP contribution in [0.2, 0.25) is 25.7 Å². The van der Waals surface area contributed by atoms with E-state index in [0.717, 1.165) is 6.04 Å². The van der Waals surface area contributed by atoms with Gasteiger partial charge in [-0.1, -0.05) is 37.8 Å². The zero-order valence-electron chi connectivity index (χ0n) is 33.7. The van der Waals surface area contributed by atoms with Crippen LogP contribution in [-0.4, -0.2) is 138 Å². The molecule has 4 aliphatic rings. The second-order valence-corrected chi connectivity index (χ2v) is 22.2. The molecular weight excluding hydrogens is 789 g/mol. The number of nitrogens with one attached hydrogen (secondary N) is 1. The smallest absolute Gasteiger partial charge is 0.409 e. The zero-order valence-corrected chi connectivity index (χ0v) is 34.7. The van der Waals surface area contributed by atoms with Crippen LogP contribution >= 0.6 is 0 Å². The van der Waals surface area contributed by atoms with Crippen molar-refractivity contribution in [2.24, 2.45) is 0 Å². The number of hydrogen-bond donors (Lipinski definition) is 6. The topological polar surface area (TPSA) is 248 Å². The molecule has 320 valence electrons. The number of aromatic hydroxyl groups is 2. The molecule has 0 radical (unpaired) electrons. The van der Waals surface area contributed by atoms with E-state index in [9.17, 15) is 49.5 Å². The van der Waals surface area contributed by atoms with Crippen LogP contribution in [0.5, 0.6) is 17.2 Å². The number of carbonyl (C=O) groups is 5. The van der Waals surface area contributed by atoms with Gasteiger partial charge in [0.05, 0.1) is 48.7 Å². The Hall–Kier alpha value is -4.85. The van der Waals surface area contributed by atoms with E-state index in [1.165, 1.54) is 32.2 Å². The number of alkyl carbamates (subject to hydrolysis) is 1. The lowest BCUT2D eigenvalue weighted by Crippen LogP contribution is -2.56. The third-order valence-corrected chi connectivity index (χ3v) is 13.0. The summed E-state index contributed by atoms with van der Waals surface area (Å²) >= 11 is 0. The molecule has 0 bridgehead atoms. The van der Waals surface area contributed by atoms with E-state index < -0.39 is 122 Å². The first-order chi connectivity index (χ1) is 27.9. The molecule has 6 N–H and O–H groups in total. The summed E-state index contributed by atoms with van der Waals surface area (Å²) in [5.41, 5.74) is -4.12. The van der Waals surface area contributed by atoms with Crippen molar-refractivity contribution in [2.75, 3.05) is 33.4 Å². The van der Waals surface area contributed by atoms with Crippen LogP contribution < -0.4 is 10.1 Å². The van der Waals surface area contributed by atoms with Crippen molar-refractivity contribution in [1.82, 2.24) is 10.2 Å². The van der Waals surface area contributed by atoms with Gasteiger partial charge in [0.1, 0.15) is 41.7 Å². The van der Waals surface area contributed by atoms with E-state index in [4.69, 9.17) is 23.7 Å². The first kappa shape index (κ1) is 43.7. The fraction of sp³-hybridized carbons (Fsp3) is 0.537. The number of fused-ring (bicyclic) bond motifs is 3. The van der Waals surface area contributed by atoms with Gasteiger partial charge in [-0.2, -0.15) is 0 Å². The SMILES string of the molecule is COc1cccc2c1C(=O)c1c(O)c3c(c(O)c1C2=O)C[C@@](O)(C(=O)CO)C[C@@H]3O[C@@H]1C[C@H](NC(=O)O[C@@H]2/C=C/CCN(C(=O)OCC[Si](C)(C)C)CC2)[C@H](O)[C@H](C)O1. The van der Waals surface area contributed by atoms with Gasteiger partial charge in [0, 0.05) is 63.5 Å². The second kappa shape index (κ2) is 17.4. The number of Topliss-reactive ketones (excluding diaryl/α,β-unsaturated/α-hetero) is 1. The average molecular weight is 841 g/mol. The minimum Gasteiger partial charge on any atom is -0.507 e. The van der Waals surface area contributed by atoms with Gasteiger partial charge in [-0.25, -0.2) is 9.59 Å². The number of methoxy groups -OCH3 is 1. The molecule has 2 amide bonds. The van der Waals surface area contributed by atoms with Crippen molar-refractivity contribution in [3.63, 3.8) is 0 Å². The molecule has 7 atom stereocenters. The summed E-state index contributed by atoms with van der Waals surface area (Å²) in [7, 11) is -0.0917. The molecule has 18 heteroatoms. The molecule has 0 saturated carbocycles. The number of carbonyl (C=O) groups excluding carboxylic acids is 5. The predicted molar refractivity (Wildman–Crippen MR) is 210 cm³/mol. The normalized spacial score (nSPS) is 27.3. The lowest BCUT2D eigenvalue weighted by molar-refractivity contribution is -0.249. The van der Waals surface area contributed by atoms with Gasteiger partial charge in [-0.05, 0) is 31.5 Å². The molecule has 0 aromatic heterocycles. The van der Waals surface area contributed by atoms with Crippen molar-refractivity contribution in [3.05, 3.63) is 63.7 Å². The molecule has 1 fully saturated rings. The molecule has 2 aliphatic carbocycles. The quantitative estimate of drug-likeness (QED) is 0.0975. The van der Waals surface area contributed by atoms with E-state index in [2.05, 4.69) is 25.0 Å². The third kappa shape index (κ3) is 9.02. The predicted octanol–water partition coefficient (Wildman–Crippen LogP) is 3.26. The minimum absolute atomic E-state index is 0.0551. The molecule has 59 heavy (non-hydrogen) atoms. The van der Waals surface area contributed by atoms with Crippen LogP contribution in [0.1, 0.15) is 81.7 Å². The Kier molecular flexibility index (Phi) is 12.9. The van der Waals surface area contributed by atoms with Crippen LogP contribution in [0.25, 0.3) is 0 Å². The van der Waals surface area contributed by atoms with Crippen molar-refractivity contribution < 1.29 is 73.2 Å². The highest BCUT2D eigenvalue weighted by Crippen LogP contribution is 2.52. The molecule has 0 spiro atoms. The lowest BCUT2D eigenvalue weighted by atomic mass is 9.72. The van der Waals surface area contributed by atoms with Gasteiger partial charge in [0.25, 0.3) is 0 Å². The highest BCUT2D eigenvalue weighted by molar-refractivity contribution is 6.76. The molecular formula is C41H52N2O15Si.